The normalized spacial score (nSPS) is 10.9. The first-order valence-corrected chi connectivity index (χ1v) is 6.67. The van der Waals surface area contributed by atoms with Crippen LogP contribution in [0, 0.1) is 0 Å². The zero-order valence-corrected chi connectivity index (χ0v) is 12.6. The minimum atomic E-state index is -1.05. The van der Waals surface area contributed by atoms with Crippen LogP contribution in [0.25, 0.3) is 0 Å². The summed E-state index contributed by atoms with van der Waals surface area (Å²) in [4.78, 5) is 25.9. The van der Waals surface area contributed by atoms with Crippen molar-refractivity contribution in [2.45, 2.75) is 26.3 Å². The first-order chi connectivity index (χ1) is 9.90. The monoisotopic (exact) mass is 289 g/mol. The number of carboxylic acid groups (broad SMARTS) is 1. The van der Waals surface area contributed by atoms with E-state index in [2.05, 4.69) is 15.0 Å². The van der Waals surface area contributed by atoms with E-state index in [1.165, 1.54) is 0 Å². The third-order valence-corrected chi connectivity index (χ3v) is 3.22. The number of aromatic carboxylic acids is 1. The maximum Gasteiger partial charge on any atom is 0.356 e. The van der Waals surface area contributed by atoms with Crippen molar-refractivity contribution in [1.82, 2.24) is 19.5 Å². The third kappa shape index (κ3) is 3.18. The Morgan fingerprint density at radius 1 is 1.43 bits per heavy atom. The Morgan fingerprint density at radius 2 is 2.14 bits per heavy atom. The van der Waals surface area contributed by atoms with Gasteiger partial charge in [0.1, 0.15) is 11.6 Å². The quantitative estimate of drug-likeness (QED) is 0.901. The Kier molecular flexibility index (Phi) is 4.21. The van der Waals surface area contributed by atoms with E-state index >= 15 is 0 Å². The summed E-state index contributed by atoms with van der Waals surface area (Å²) in [6.07, 6.45) is 5.12. The summed E-state index contributed by atoms with van der Waals surface area (Å²) in [6.45, 7) is 4.34. The third-order valence-electron chi connectivity index (χ3n) is 3.22. The Labute approximate surface area is 123 Å². The van der Waals surface area contributed by atoms with E-state index in [1.807, 2.05) is 31.7 Å². The molecule has 0 saturated heterocycles. The molecule has 0 amide bonds. The summed E-state index contributed by atoms with van der Waals surface area (Å²) in [6, 6.07) is 0. The molecule has 0 aliphatic rings. The van der Waals surface area contributed by atoms with Gasteiger partial charge in [-0.1, -0.05) is 13.8 Å². The predicted molar refractivity (Wildman–Crippen MR) is 78.4 cm³/mol. The summed E-state index contributed by atoms with van der Waals surface area (Å²) in [5, 5.41) is 9.36. The van der Waals surface area contributed by atoms with Gasteiger partial charge in [0.15, 0.2) is 5.69 Å². The number of anilines is 1. The molecule has 0 atom stereocenters. The van der Waals surface area contributed by atoms with Crippen molar-refractivity contribution < 1.29 is 9.90 Å². The van der Waals surface area contributed by atoms with Crippen LogP contribution in [0.3, 0.4) is 0 Å². The molecule has 0 fully saturated rings. The van der Waals surface area contributed by atoms with Crippen molar-refractivity contribution in [1.29, 1.82) is 0 Å². The van der Waals surface area contributed by atoms with Crippen LogP contribution in [0.1, 0.15) is 41.9 Å². The maximum absolute atomic E-state index is 11.4. The van der Waals surface area contributed by atoms with Crippen LogP contribution < -0.4 is 4.90 Å². The number of hydrogen-bond acceptors (Lipinski definition) is 5. The topological polar surface area (TPSA) is 84.1 Å². The summed E-state index contributed by atoms with van der Waals surface area (Å²) >= 11 is 0. The number of carbonyl (C=O) groups is 1. The molecular formula is C14H19N5O2. The van der Waals surface area contributed by atoms with Crippen LogP contribution in [-0.2, 0) is 13.6 Å². The van der Waals surface area contributed by atoms with E-state index in [4.69, 9.17) is 0 Å². The van der Waals surface area contributed by atoms with Crippen LogP contribution in [0.4, 0.5) is 5.69 Å². The molecular weight excluding hydrogens is 270 g/mol. The van der Waals surface area contributed by atoms with Gasteiger partial charge in [0.2, 0.25) is 0 Å². The lowest BCUT2D eigenvalue weighted by Gasteiger charge is -2.20. The average Bonchev–Trinajstić information content (AvgIpc) is 2.83. The molecule has 0 bridgehead atoms. The number of aryl methyl sites for hydroxylation is 1. The molecule has 0 aliphatic carbocycles. The number of rotatable bonds is 5. The molecule has 7 heteroatoms. The predicted octanol–water partition coefficient (Wildman–Crippen LogP) is 1.67. The largest absolute Gasteiger partial charge is 0.476 e. The second-order valence-electron chi connectivity index (χ2n) is 5.23. The first kappa shape index (κ1) is 15.0. The van der Waals surface area contributed by atoms with Crippen molar-refractivity contribution in [2.24, 2.45) is 7.05 Å². The highest BCUT2D eigenvalue weighted by Crippen LogP contribution is 2.20. The summed E-state index contributed by atoms with van der Waals surface area (Å²) in [5.74, 6) is 0.390. The molecule has 2 aromatic heterocycles. The lowest BCUT2D eigenvalue weighted by atomic mass is 10.2. The Balaban J connectivity index is 2.34. The van der Waals surface area contributed by atoms with Crippen LogP contribution in [-0.4, -0.2) is 37.6 Å². The standard InChI is InChI=1S/C14H19N5O2/c1-9(2)13-16-7-10(12(17-13)14(20)21)19(4)8-11-15-5-6-18(11)3/h5-7,9H,8H2,1-4H3,(H,20,21). The van der Waals surface area contributed by atoms with E-state index in [0.29, 0.717) is 18.1 Å². The van der Waals surface area contributed by atoms with Crippen LogP contribution in [0.2, 0.25) is 0 Å². The van der Waals surface area contributed by atoms with Gasteiger partial charge in [0.25, 0.3) is 0 Å². The summed E-state index contributed by atoms with van der Waals surface area (Å²) in [5.41, 5.74) is 0.500. The van der Waals surface area contributed by atoms with Crippen molar-refractivity contribution in [3.05, 3.63) is 35.9 Å². The van der Waals surface area contributed by atoms with E-state index in [1.54, 1.807) is 24.3 Å². The van der Waals surface area contributed by atoms with Crippen LogP contribution in [0.5, 0.6) is 0 Å². The van der Waals surface area contributed by atoms with Gasteiger partial charge in [-0.15, -0.1) is 0 Å². The summed E-state index contributed by atoms with van der Waals surface area (Å²) < 4.78 is 1.89. The number of imidazole rings is 1. The number of aromatic nitrogens is 4. The maximum atomic E-state index is 11.4. The molecule has 7 nitrogen and oxygen atoms in total. The SMILES string of the molecule is CC(C)c1ncc(N(C)Cc2nccn2C)c(C(=O)O)n1. The fraction of sp³-hybridized carbons (Fsp3) is 0.429. The van der Waals surface area contributed by atoms with E-state index in [0.717, 1.165) is 5.82 Å². The van der Waals surface area contributed by atoms with Crippen LogP contribution in [0.15, 0.2) is 18.6 Å². The molecule has 0 unspecified atom stereocenters. The minimum Gasteiger partial charge on any atom is -0.476 e. The van der Waals surface area contributed by atoms with Gasteiger partial charge >= 0.3 is 5.97 Å². The molecule has 2 aromatic rings. The van der Waals surface area contributed by atoms with Gasteiger partial charge in [-0.25, -0.2) is 19.7 Å². The van der Waals surface area contributed by atoms with Crippen molar-refractivity contribution in [2.75, 3.05) is 11.9 Å². The molecule has 1 N–H and O–H groups in total. The number of hydrogen-bond donors (Lipinski definition) is 1. The highest BCUT2D eigenvalue weighted by Gasteiger charge is 2.19. The average molecular weight is 289 g/mol. The fourth-order valence-corrected chi connectivity index (χ4v) is 1.95. The zero-order chi connectivity index (χ0) is 15.6. The van der Waals surface area contributed by atoms with Gasteiger partial charge in [-0.2, -0.15) is 0 Å². The minimum absolute atomic E-state index is 0.0189. The van der Waals surface area contributed by atoms with E-state index in [-0.39, 0.29) is 11.6 Å². The Bertz CT molecular complexity index is 651. The molecule has 0 spiro atoms. The molecule has 112 valence electrons. The van der Waals surface area contributed by atoms with E-state index < -0.39 is 5.97 Å². The Hall–Kier alpha value is -2.44. The smallest absolute Gasteiger partial charge is 0.356 e. The molecule has 0 aromatic carbocycles. The van der Waals surface area contributed by atoms with Crippen LogP contribution >= 0.6 is 0 Å². The zero-order valence-electron chi connectivity index (χ0n) is 12.6. The van der Waals surface area contributed by atoms with Crippen molar-refractivity contribution >= 4 is 11.7 Å². The molecule has 0 aliphatic heterocycles. The number of carboxylic acids is 1. The first-order valence-electron chi connectivity index (χ1n) is 6.67. The molecule has 0 saturated carbocycles. The number of nitrogens with zero attached hydrogens (tertiary/aromatic N) is 5. The van der Waals surface area contributed by atoms with Gasteiger partial charge in [0, 0.05) is 32.4 Å². The van der Waals surface area contributed by atoms with Gasteiger partial charge in [-0.3, -0.25) is 0 Å². The van der Waals surface area contributed by atoms with Crippen molar-refractivity contribution in [3.63, 3.8) is 0 Å². The molecule has 2 rings (SSSR count). The van der Waals surface area contributed by atoms with Gasteiger partial charge in [-0.05, 0) is 0 Å². The molecule has 21 heavy (non-hydrogen) atoms. The second kappa shape index (κ2) is 5.90. The fourth-order valence-electron chi connectivity index (χ4n) is 1.95. The van der Waals surface area contributed by atoms with E-state index in [9.17, 15) is 9.90 Å². The lowest BCUT2D eigenvalue weighted by Crippen LogP contribution is -2.23. The van der Waals surface area contributed by atoms with Gasteiger partial charge in [0.05, 0.1) is 18.4 Å². The molecule has 0 radical (unpaired) electrons. The summed E-state index contributed by atoms with van der Waals surface area (Å²) in [7, 11) is 3.70. The Morgan fingerprint density at radius 3 is 2.67 bits per heavy atom. The van der Waals surface area contributed by atoms with Crippen molar-refractivity contribution in [3.8, 4) is 0 Å². The highest BCUT2D eigenvalue weighted by atomic mass is 16.4. The molecule has 2 heterocycles. The van der Waals surface area contributed by atoms with Gasteiger partial charge < -0.3 is 14.6 Å². The highest BCUT2D eigenvalue weighted by molar-refractivity contribution is 5.91. The lowest BCUT2D eigenvalue weighted by molar-refractivity contribution is 0.0690. The second-order valence-corrected chi connectivity index (χ2v) is 5.23.